The highest BCUT2D eigenvalue weighted by Crippen LogP contribution is 2.37. The van der Waals surface area contributed by atoms with Crippen LogP contribution in [0.25, 0.3) is 0 Å². The molecule has 0 aliphatic heterocycles. The van der Waals surface area contributed by atoms with Gasteiger partial charge in [-0.25, -0.2) is 0 Å². The number of ether oxygens (including phenoxy) is 2. The molecule has 1 aliphatic carbocycles. The predicted molar refractivity (Wildman–Crippen MR) is 128 cm³/mol. The van der Waals surface area contributed by atoms with Crippen LogP contribution in [0.5, 0.6) is 0 Å². The average molecular weight is 439 g/mol. The molecule has 0 aromatic rings. The van der Waals surface area contributed by atoms with E-state index in [1.165, 1.54) is 0 Å². The maximum atomic E-state index is 13.2. The summed E-state index contributed by atoms with van der Waals surface area (Å²) in [4.78, 5) is 26.4. The Labute approximate surface area is 192 Å². The smallest absolute Gasteiger partial charge is 0.310 e. The van der Waals surface area contributed by atoms with Gasteiger partial charge in [-0.1, -0.05) is 74.1 Å². The first-order chi connectivity index (χ1) is 14.7. The number of hydrogen-bond acceptors (Lipinski definition) is 4. The topological polar surface area (TPSA) is 52.6 Å². The number of esters is 2. The first kappa shape index (κ1) is 28.0. The third-order valence-corrected chi connectivity index (χ3v) is 6.92. The number of unbranched alkanes of at least 4 members (excludes halogenated alkanes) is 4. The van der Waals surface area contributed by atoms with Crippen molar-refractivity contribution in [2.24, 2.45) is 29.6 Å². The Morgan fingerprint density at radius 2 is 1.19 bits per heavy atom. The lowest BCUT2D eigenvalue weighted by Crippen LogP contribution is -2.40. The highest BCUT2D eigenvalue weighted by Gasteiger charge is 2.41. The standard InChI is InChI=1S/C27H50O4/c1-8-10-12-14-24(19(3)4)30-26(28)22-17-16-21(7)18-23(22)27(29)31-25(20(5)6)15-13-11-9-2/h19-25H,8-18H2,1-7H3. The zero-order valence-corrected chi connectivity index (χ0v) is 21.5. The summed E-state index contributed by atoms with van der Waals surface area (Å²) in [7, 11) is 0. The molecule has 0 aromatic heterocycles. The molecule has 0 heterocycles. The quantitative estimate of drug-likeness (QED) is 0.210. The Kier molecular flexibility index (Phi) is 13.4. The van der Waals surface area contributed by atoms with Crippen molar-refractivity contribution >= 4 is 11.9 Å². The van der Waals surface area contributed by atoms with E-state index in [0.29, 0.717) is 5.92 Å². The van der Waals surface area contributed by atoms with Gasteiger partial charge in [0.25, 0.3) is 0 Å². The summed E-state index contributed by atoms with van der Waals surface area (Å²) in [5.41, 5.74) is 0. The van der Waals surface area contributed by atoms with Gasteiger partial charge in [-0.3, -0.25) is 9.59 Å². The van der Waals surface area contributed by atoms with Gasteiger partial charge in [0.1, 0.15) is 12.2 Å². The van der Waals surface area contributed by atoms with E-state index in [2.05, 4.69) is 48.5 Å². The van der Waals surface area contributed by atoms with Crippen LogP contribution in [0.1, 0.15) is 119 Å². The van der Waals surface area contributed by atoms with Crippen molar-refractivity contribution in [3.8, 4) is 0 Å². The molecule has 0 amide bonds. The maximum absolute atomic E-state index is 13.2. The largest absolute Gasteiger partial charge is 0.462 e. The second-order valence-corrected chi connectivity index (χ2v) is 10.6. The summed E-state index contributed by atoms with van der Waals surface area (Å²) in [6.45, 7) is 15.0. The van der Waals surface area contributed by atoms with Gasteiger partial charge in [0, 0.05) is 0 Å². The number of carbonyl (C=O) groups is 2. The zero-order valence-electron chi connectivity index (χ0n) is 21.5. The molecule has 4 nitrogen and oxygen atoms in total. The monoisotopic (exact) mass is 438 g/mol. The Bertz CT molecular complexity index is 513. The van der Waals surface area contributed by atoms with Crippen LogP contribution < -0.4 is 0 Å². The van der Waals surface area contributed by atoms with E-state index in [9.17, 15) is 9.59 Å². The average Bonchev–Trinajstić information content (AvgIpc) is 2.71. The summed E-state index contributed by atoms with van der Waals surface area (Å²) < 4.78 is 12.0. The molecule has 0 spiro atoms. The van der Waals surface area contributed by atoms with Crippen molar-refractivity contribution < 1.29 is 19.1 Å². The molecule has 1 fully saturated rings. The number of hydrogen-bond donors (Lipinski definition) is 0. The van der Waals surface area contributed by atoms with Crippen molar-refractivity contribution in [3.63, 3.8) is 0 Å². The Hall–Kier alpha value is -1.06. The molecule has 1 aliphatic rings. The van der Waals surface area contributed by atoms with Gasteiger partial charge in [-0.15, -0.1) is 0 Å². The molecule has 5 atom stereocenters. The Morgan fingerprint density at radius 3 is 1.61 bits per heavy atom. The van der Waals surface area contributed by atoms with Gasteiger partial charge in [0.15, 0.2) is 0 Å². The van der Waals surface area contributed by atoms with Crippen molar-refractivity contribution in [3.05, 3.63) is 0 Å². The zero-order chi connectivity index (χ0) is 23.4. The van der Waals surface area contributed by atoms with Crippen LogP contribution in [0.2, 0.25) is 0 Å². The molecule has 31 heavy (non-hydrogen) atoms. The van der Waals surface area contributed by atoms with Gasteiger partial charge in [-0.05, 0) is 62.7 Å². The minimum atomic E-state index is -0.368. The van der Waals surface area contributed by atoms with E-state index in [1.54, 1.807) is 0 Å². The van der Waals surface area contributed by atoms with E-state index >= 15 is 0 Å². The predicted octanol–water partition coefficient (Wildman–Crippen LogP) is 7.34. The molecule has 0 radical (unpaired) electrons. The third-order valence-electron chi connectivity index (χ3n) is 6.92. The highest BCUT2D eigenvalue weighted by atomic mass is 16.6. The number of carbonyl (C=O) groups excluding carboxylic acids is 2. The Balaban J connectivity index is 2.82. The lowest BCUT2D eigenvalue weighted by molar-refractivity contribution is -0.172. The molecule has 1 rings (SSSR count). The SMILES string of the molecule is CCCCCC(OC(=O)C1CCC(C)CC1C(=O)OC(CCCCC)C(C)C)C(C)C. The van der Waals surface area contributed by atoms with Gasteiger partial charge in [0.2, 0.25) is 0 Å². The summed E-state index contributed by atoms with van der Waals surface area (Å²) >= 11 is 0. The molecule has 0 saturated heterocycles. The van der Waals surface area contributed by atoms with E-state index in [4.69, 9.17) is 9.47 Å². The Morgan fingerprint density at radius 1 is 0.742 bits per heavy atom. The molecular formula is C27H50O4. The van der Waals surface area contributed by atoms with Crippen LogP contribution in [0.3, 0.4) is 0 Å². The molecule has 182 valence electrons. The van der Waals surface area contributed by atoms with Crippen molar-refractivity contribution in [1.82, 2.24) is 0 Å². The summed E-state index contributed by atoms with van der Waals surface area (Å²) in [5.74, 6) is -0.0861. The fraction of sp³-hybridized carbons (Fsp3) is 0.926. The van der Waals surface area contributed by atoms with Gasteiger partial charge in [-0.2, -0.15) is 0 Å². The maximum Gasteiger partial charge on any atom is 0.310 e. The fourth-order valence-corrected chi connectivity index (χ4v) is 4.64. The lowest BCUT2D eigenvalue weighted by Gasteiger charge is -2.34. The van der Waals surface area contributed by atoms with E-state index in [-0.39, 0.29) is 47.8 Å². The van der Waals surface area contributed by atoms with E-state index in [0.717, 1.165) is 70.6 Å². The van der Waals surface area contributed by atoms with Crippen LogP contribution in [-0.2, 0) is 19.1 Å². The minimum Gasteiger partial charge on any atom is -0.462 e. The molecule has 0 N–H and O–H groups in total. The van der Waals surface area contributed by atoms with Gasteiger partial charge in [0.05, 0.1) is 11.8 Å². The molecule has 1 saturated carbocycles. The van der Waals surface area contributed by atoms with Crippen LogP contribution in [-0.4, -0.2) is 24.1 Å². The van der Waals surface area contributed by atoms with Crippen LogP contribution in [0.15, 0.2) is 0 Å². The second-order valence-electron chi connectivity index (χ2n) is 10.6. The normalized spacial score (nSPS) is 23.6. The van der Waals surface area contributed by atoms with Crippen LogP contribution >= 0.6 is 0 Å². The first-order valence-corrected chi connectivity index (χ1v) is 13.1. The fourth-order valence-electron chi connectivity index (χ4n) is 4.64. The van der Waals surface area contributed by atoms with Gasteiger partial charge >= 0.3 is 11.9 Å². The molecule has 4 heteroatoms. The summed E-state index contributed by atoms with van der Waals surface area (Å²) in [6, 6.07) is 0. The molecule has 0 bridgehead atoms. The van der Waals surface area contributed by atoms with E-state index < -0.39 is 0 Å². The first-order valence-electron chi connectivity index (χ1n) is 13.1. The van der Waals surface area contributed by atoms with Crippen LogP contribution in [0, 0.1) is 29.6 Å². The second kappa shape index (κ2) is 14.9. The van der Waals surface area contributed by atoms with Crippen molar-refractivity contribution in [1.29, 1.82) is 0 Å². The summed E-state index contributed by atoms with van der Waals surface area (Å²) in [5, 5.41) is 0. The molecule has 5 unspecified atom stereocenters. The number of rotatable bonds is 14. The van der Waals surface area contributed by atoms with Crippen molar-refractivity contribution in [2.45, 2.75) is 131 Å². The molecule has 0 aromatic carbocycles. The van der Waals surface area contributed by atoms with Gasteiger partial charge < -0.3 is 9.47 Å². The minimum absolute atomic E-state index is 0.0625. The highest BCUT2D eigenvalue weighted by molar-refractivity contribution is 5.82. The summed E-state index contributed by atoms with van der Waals surface area (Å²) in [6.07, 6.45) is 10.9. The third kappa shape index (κ3) is 9.95. The molecular weight excluding hydrogens is 388 g/mol. The van der Waals surface area contributed by atoms with E-state index in [1.807, 2.05) is 0 Å². The van der Waals surface area contributed by atoms with Crippen LogP contribution in [0.4, 0.5) is 0 Å². The van der Waals surface area contributed by atoms with Crippen molar-refractivity contribution in [2.75, 3.05) is 0 Å². The lowest BCUT2D eigenvalue weighted by atomic mass is 9.74.